The topological polar surface area (TPSA) is 74.7 Å². The lowest BCUT2D eigenvalue weighted by Crippen LogP contribution is -2.63. The molecule has 11 heteroatoms. The van der Waals surface area contributed by atoms with E-state index in [9.17, 15) is 9.18 Å². The van der Waals surface area contributed by atoms with E-state index in [1.54, 1.807) is 24.3 Å². The molecule has 0 bridgehead atoms. The van der Waals surface area contributed by atoms with E-state index in [0.29, 0.717) is 47.2 Å². The van der Waals surface area contributed by atoms with Gasteiger partial charge in [-0.3, -0.25) is 9.69 Å². The number of aromatic nitrogens is 3. The van der Waals surface area contributed by atoms with Gasteiger partial charge in [-0.2, -0.15) is 9.97 Å². The fraction of sp³-hybridized carbons (Fsp3) is 0.394. The first-order chi connectivity index (χ1) is 21.4. The van der Waals surface area contributed by atoms with E-state index in [1.807, 2.05) is 4.90 Å². The molecule has 0 aliphatic carbocycles. The Kier molecular flexibility index (Phi) is 6.50. The van der Waals surface area contributed by atoms with E-state index in [2.05, 4.69) is 16.4 Å². The highest BCUT2D eigenvalue weighted by molar-refractivity contribution is 6.36. The molecule has 1 amide bonds. The molecule has 8 nitrogen and oxygen atoms in total. The number of hydrogen-bond acceptors (Lipinski definition) is 7. The highest BCUT2D eigenvalue weighted by atomic mass is 35.5. The summed E-state index contributed by atoms with van der Waals surface area (Å²) in [5.74, 6) is -0.741. The lowest BCUT2D eigenvalue weighted by molar-refractivity contribution is -0.127. The summed E-state index contributed by atoms with van der Waals surface area (Å²) >= 11 is 6.40. The van der Waals surface area contributed by atoms with Crippen LogP contribution in [0.1, 0.15) is 32.1 Å². The van der Waals surface area contributed by atoms with Gasteiger partial charge in [-0.1, -0.05) is 42.4 Å². The van der Waals surface area contributed by atoms with Crippen LogP contribution >= 0.6 is 11.6 Å². The summed E-state index contributed by atoms with van der Waals surface area (Å²) in [6.45, 7) is 7.43. The summed E-state index contributed by atoms with van der Waals surface area (Å²) in [5, 5.41) is 1.42. The first-order valence-electron chi connectivity index (χ1n) is 15.2. The lowest BCUT2D eigenvalue weighted by Gasteiger charge is -2.47. The van der Waals surface area contributed by atoms with Crippen molar-refractivity contribution < 1.29 is 18.3 Å². The van der Waals surface area contributed by atoms with E-state index in [4.69, 9.17) is 31.3 Å². The van der Waals surface area contributed by atoms with Gasteiger partial charge in [0.1, 0.15) is 29.8 Å². The predicted molar refractivity (Wildman–Crippen MR) is 165 cm³/mol. The third-order valence-electron chi connectivity index (χ3n) is 10.1. The van der Waals surface area contributed by atoms with Gasteiger partial charge in [-0.25, -0.2) is 13.8 Å². The third kappa shape index (κ3) is 4.18. The summed E-state index contributed by atoms with van der Waals surface area (Å²) in [6.07, 6.45) is 6.53. The monoisotopic (exact) mass is 616 g/mol. The fourth-order valence-electron chi connectivity index (χ4n) is 7.89. The average molecular weight is 617 g/mol. The third-order valence-corrected chi connectivity index (χ3v) is 10.5. The molecule has 0 radical (unpaired) electrons. The summed E-state index contributed by atoms with van der Waals surface area (Å²) in [4.78, 5) is 33.1. The molecule has 4 fully saturated rings. The van der Waals surface area contributed by atoms with E-state index in [0.717, 1.165) is 45.2 Å². The Morgan fingerprint density at radius 3 is 2.68 bits per heavy atom. The van der Waals surface area contributed by atoms with Crippen LogP contribution in [0.5, 0.6) is 6.01 Å². The molecule has 0 spiro atoms. The van der Waals surface area contributed by atoms with Gasteiger partial charge in [0.05, 0.1) is 28.0 Å². The number of carbonyl (C=O) groups excluding carboxylic acids is 1. The summed E-state index contributed by atoms with van der Waals surface area (Å²) in [5.41, 5.74) is 0.660. The second-order valence-electron chi connectivity index (χ2n) is 12.3. The van der Waals surface area contributed by atoms with Crippen LogP contribution in [-0.4, -0.2) is 81.1 Å². The van der Waals surface area contributed by atoms with Crippen LogP contribution in [0.4, 0.5) is 14.6 Å². The lowest BCUT2D eigenvalue weighted by atomic mass is 9.95. The molecule has 226 valence electrons. The Hall–Kier alpha value is -3.89. The van der Waals surface area contributed by atoms with E-state index < -0.39 is 11.6 Å². The van der Waals surface area contributed by atoms with Crippen LogP contribution in [0.3, 0.4) is 0 Å². The Morgan fingerprint density at radius 2 is 1.89 bits per heavy atom. The molecule has 4 aliphatic rings. The number of ether oxygens (including phenoxy) is 1. The molecular formula is C33H31ClF2N6O2. The smallest absolute Gasteiger partial charge is 0.320 e. The number of benzene rings is 2. The number of halogens is 3. The van der Waals surface area contributed by atoms with Crippen molar-refractivity contribution >= 4 is 45.1 Å². The average Bonchev–Trinajstić information content (AvgIpc) is 3.70. The van der Waals surface area contributed by atoms with Crippen LogP contribution < -0.4 is 9.64 Å². The predicted octanol–water partition coefficient (Wildman–Crippen LogP) is 5.76. The number of anilines is 1. The van der Waals surface area contributed by atoms with Crippen molar-refractivity contribution in [3.8, 4) is 17.3 Å². The molecule has 8 rings (SSSR count). The van der Waals surface area contributed by atoms with Crippen molar-refractivity contribution in [2.24, 2.45) is 0 Å². The molecule has 4 aromatic rings. The van der Waals surface area contributed by atoms with Crippen LogP contribution in [0.15, 0.2) is 49.1 Å². The molecule has 6 heterocycles. The van der Waals surface area contributed by atoms with Crippen molar-refractivity contribution in [1.29, 1.82) is 0 Å². The van der Waals surface area contributed by atoms with Gasteiger partial charge in [0.25, 0.3) is 0 Å². The Labute approximate surface area is 258 Å². The van der Waals surface area contributed by atoms with Gasteiger partial charge in [-0.15, -0.1) is 0 Å². The van der Waals surface area contributed by atoms with Crippen LogP contribution in [-0.2, 0) is 4.79 Å². The summed E-state index contributed by atoms with van der Waals surface area (Å²) in [6, 6.07) is 9.80. The minimum atomic E-state index is -0.595. The van der Waals surface area contributed by atoms with Gasteiger partial charge in [-0.05, 0) is 68.8 Å². The molecule has 44 heavy (non-hydrogen) atoms. The number of likely N-dealkylation sites (tertiary alicyclic amines) is 1. The maximum atomic E-state index is 16.0. The molecule has 2 aromatic heterocycles. The molecule has 1 unspecified atom stereocenters. The first-order valence-corrected chi connectivity index (χ1v) is 15.6. The van der Waals surface area contributed by atoms with Crippen molar-refractivity contribution in [1.82, 2.24) is 24.8 Å². The molecule has 2 atom stereocenters. The van der Waals surface area contributed by atoms with Gasteiger partial charge >= 0.3 is 6.01 Å². The Balaban J connectivity index is 1.23. The summed E-state index contributed by atoms with van der Waals surface area (Å²) < 4.78 is 36.9. The van der Waals surface area contributed by atoms with E-state index in [1.165, 1.54) is 18.2 Å². The Bertz CT molecular complexity index is 1840. The zero-order valence-corrected chi connectivity index (χ0v) is 24.9. The maximum Gasteiger partial charge on any atom is 0.320 e. The molecule has 0 saturated carbocycles. The number of nitrogens with zero attached hydrogens (tertiary/aromatic N) is 6. The highest BCUT2D eigenvalue weighted by Gasteiger charge is 2.49. The van der Waals surface area contributed by atoms with Crippen LogP contribution in [0, 0.1) is 11.6 Å². The van der Waals surface area contributed by atoms with Crippen molar-refractivity contribution in [3.05, 3.63) is 65.7 Å². The van der Waals surface area contributed by atoms with E-state index in [-0.39, 0.29) is 45.9 Å². The minimum Gasteiger partial charge on any atom is -0.461 e. The minimum absolute atomic E-state index is 0.0114. The highest BCUT2D eigenvalue weighted by Crippen LogP contribution is 2.42. The number of amides is 1. The van der Waals surface area contributed by atoms with Crippen molar-refractivity contribution in [3.63, 3.8) is 0 Å². The number of hydrogen-bond donors (Lipinski definition) is 0. The zero-order chi connectivity index (χ0) is 30.2. The SMILES string of the molecule is C=CC(=O)N1CCC2[C@H]1CN2c1nc(OCC23CCCN2CCC3)nc2nc(-c3cccc4ccc(F)c(Cl)c34)c(F)cc12. The molecular weight excluding hydrogens is 586 g/mol. The number of rotatable bonds is 6. The second kappa shape index (κ2) is 10.3. The number of pyridine rings is 1. The zero-order valence-electron chi connectivity index (χ0n) is 24.1. The van der Waals surface area contributed by atoms with Gasteiger partial charge < -0.3 is 14.5 Å². The molecule has 4 aliphatic heterocycles. The number of carbonyl (C=O) groups is 1. The van der Waals surface area contributed by atoms with Crippen LogP contribution in [0.2, 0.25) is 5.02 Å². The molecule has 4 saturated heterocycles. The normalized spacial score (nSPS) is 22.3. The first kappa shape index (κ1) is 27.6. The standard InChI is InChI=1S/C33H31ClF2N6O2/c1-2-26(43)41-15-10-24-25(41)17-42(24)31-21-16-23(36)29(20-7-3-6-19-8-9-22(35)28(34)27(19)20)37-30(21)38-32(39-31)44-18-33-11-4-13-40(33)14-5-12-33/h2-3,6-9,16,24-25H,1,4-5,10-15,17-18H2/t24?,25-/m1/s1. The molecule has 2 aromatic carbocycles. The van der Waals surface area contributed by atoms with Crippen molar-refractivity contribution in [2.75, 3.05) is 37.7 Å². The van der Waals surface area contributed by atoms with Gasteiger partial charge in [0.2, 0.25) is 5.91 Å². The number of fused-ring (bicyclic) bond motifs is 4. The van der Waals surface area contributed by atoms with Crippen LogP contribution in [0.25, 0.3) is 33.1 Å². The summed E-state index contributed by atoms with van der Waals surface area (Å²) in [7, 11) is 0. The largest absolute Gasteiger partial charge is 0.461 e. The Morgan fingerprint density at radius 1 is 1.07 bits per heavy atom. The van der Waals surface area contributed by atoms with Gasteiger partial charge in [0.15, 0.2) is 5.65 Å². The van der Waals surface area contributed by atoms with Crippen molar-refractivity contribution in [2.45, 2.75) is 49.7 Å². The molecule has 0 N–H and O–H groups in total. The maximum absolute atomic E-state index is 16.0. The van der Waals surface area contributed by atoms with E-state index >= 15 is 4.39 Å². The second-order valence-corrected chi connectivity index (χ2v) is 12.7. The van der Waals surface area contributed by atoms with Gasteiger partial charge in [0, 0.05) is 24.0 Å². The fourth-order valence-corrected chi connectivity index (χ4v) is 8.16. The quantitative estimate of drug-likeness (QED) is 0.255.